The van der Waals surface area contributed by atoms with Crippen molar-refractivity contribution in [1.29, 1.82) is 0 Å². The SMILES string of the molecule is CSC12CC3C(=O)CCC(O)C3N1C(=O)C13CC4(O)C(C=CC(O)C4N1C2=O)S3. The Balaban J connectivity index is 1.55. The summed E-state index contributed by atoms with van der Waals surface area (Å²) < 4.78 is 0. The minimum absolute atomic E-state index is 0.0163. The van der Waals surface area contributed by atoms with Crippen LogP contribution in [0.3, 0.4) is 0 Å². The summed E-state index contributed by atoms with van der Waals surface area (Å²) in [6.45, 7) is 0. The molecule has 8 nitrogen and oxygen atoms in total. The predicted molar refractivity (Wildman–Crippen MR) is 105 cm³/mol. The van der Waals surface area contributed by atoms with E-state index in [9.17, 15) is 29.7 Å². The summed E-state index contributed by atoms with van der Waals surface area (Å²) >= 11 is 2.46. The Morgan fingerprint density at radius 1 is 1.17 bits per heavy atom. The van der Waals surface area contributed by atoms with Crippen LogP contribution in [0.15, 0.2) is 12.2 Å². The fourth-order valence-electron chi connectivity index (χ4n) is 6.66. The molecule has 4 saturated heterocycles. The molecule has 1 spiro atoms. The molecule has 1 saturated carbocycles. The molecular weight excluding hydrogens is 416 g/mol. The highest BCUT2D eigenvalue weighted by Crippen LogP contribution is 2.67. The monoisotopic (exact) mass is 438 g/mol. The Kier molecular flexibility index (Phi) is 3.48. The summed E-state index contributed by atoms with van der Waals surface area (Å²) in [5.41, 5.74) is -1.37. The number of aliphatic hydroxyl groups excluding tert-OH is 2. The summed E-state index contributed by atoms with van der Waals surface area (Å²) in [6, 6.07) is -1.60. The third-order valence-electron chi connectivity index (χ3n) is 7.86. The molecule has 10 heteroatoms. The first-order valence-corrected chi connectivity index (χ1v) is 12.0. The molecule has 2 amide bonds. The van der Waals surface area contributed by atoms with E-state index in [0.717, 1.165) is 0 Å². The van der Waals surface area contributed by atoms with Gasteiger partial charge in [0.05, 0.1) is 29.5 Å². The van der Waals surface area contributed by atoms with E-state index in [1.165, 1.54) is 33.3 Å². The number of piperazine rings is 1. The molecule has 6 rings (SSSR count). The first-order valence-electron chi connectivity index (χ1n) is 9.91. The Morgan fingerprint density at radius 3 is 2.66 bits per heavy atom. The molecule has 9 unspecified atom stereocenters. The van der Waals surface area contributed by atoms with Crippen molar-refractivity contribution in [3.8, 4) is 0 Å². The largest absolute Gasteiger partial charge is 0.391 e. The number of carbonyl (C=O) groups is 3. The van der Waals surface area contributed by atoms with Gasteiger partial charge in [-0.2, -0.15) is 0 Å². The molecule has 3 N–H and O–H groups in total. The highest BCUT2D eigenvalue weighted by atomic mass is 32.2. The summed E-state index contributed by atoms with van der Waals surface area (Å²) in [6.07, 6.45) is 3.87. The number of amides is 2. The van der Waals surface area contributed by atoms with Crippen molar-refractivity contribution in [2.45, 2.75) is 70.6 Å². The van der Waals surface area contributed by atoms with Crippen LogP contribution in [0.25, 0.3) is 0 Å². The topological polar surface area (TPSA) is 118 Å². The quantitative estimate of drug-likeness (QED) is 0.450. The predicted octanol–water partition coefficient (Wildman–Crippen LogP) is -0.925. The van der Waals surface area contributed by atoms with Crippen molar-refractivity contribution in [3.05, 3.63) is 12.2 Å². The van der Waals surface area contributed by atoms with Crippen LogP contribution in [0.4, 0.5) is 0 Å². The minimum Gasteiger partial charge on any atom is -0.391 e. The normalized spacial score (nSPS) is 54.7. The van der Waals surface area contributed by atoms with Crippen LogP contribution < -0.4 is 0 Å². The maximum absolute atomic E-state index is 14.0. The Bertz CT molecular complexity index is 898. The zero-order chi connectivity index (χ0) is 20.5. The molecule has 4 heterocycles. The standard InChI is InChI=1S/C19H22N2O6S2/c1-28-18-6-8-9(22)2-3-10(23)13(8)20(18)16(26)19-7-17(27)12(29-19)5-4-11(24)14(17)21(19)15(18)25/h4-5,8,10-14,23-24,27H,2-3,6-7H2,1H3. The van der Waals surface area contributed by atoms with E-state index in [1.807, 2.05) is 0 Å². The van der Waals surface area contributed by atoms with E-state index in [0.29, 0.717) is 0 Å². The first kappa shape index (κ1) is 18.7. The van der Waals surface area contributed by atoms with Crippen molar-refractivity contribution < 1.29 is 29.7 Å². The number of thioether (sulfide) groups is 2. The second-order valence-corrected chi connectivity index (χ2v) is 11.5. The van der Waals surface area contributed by atoms with Crippen molar-refractivity contribution in [2.24, 2.45) is 5.92 Å². The Labute approximate surface area is 175 Å². The summed E-state index contributed by atoms with van der Waals surface area (Å²) in [5.74, 6) is -1.26. The molecular formula is C19H22N2O6S2. The average Bonchev–Trinajstić information content (AvgIpc) is 3.29. The molecule has 156 valence electrons. The maximum atomic E-state index is 14.0. The number of nitrogens with zero attached hydrogens (tertiary/aromatic N) is 2. The molecule has 0 radical (unpaired) electrons. The molecule has 0 aromatic heterocycles. The highest BCUT2D eigenvalue weighted by Gasteiger charge is 2.82. The van der Waals surface area contributed by atoms with Gasteiger partial charge in [-0.25, -0.2) is 0 Å². The lowest BCUT2D eigenvalue weighted by Crippen LogP contribution is -2.77. The van der Waals surface area contributed by atoms with Gasteiger partial charge in [0.25, 0.3) is 11.8 Å². The van der Waals surface area contributed by atoms with E-state index in [1.54, 1.807) is 18.4 Å². The molecule has 9 atom stereocenters. The van der Waals surface area contributed by atoms with Crippen LogP contribution in [0.5, 0.6) is 0 Å². The smallest absolute Gasteiger partial charge is 0.261 e. The van der Waals surface area contributed by atoms with Crippen LogP contribution in [0.1, 0.15) is 25.7 Å². The maximum Gasteiger partial charge on any atom is 0.261 e. The summed E-state index contributed by atoms with van der Waals surface area (Å²) in [4.78, 5) is 41.0. The molecule has 4 aliphatic heterocycles. The van der Waals surface area contributed by atoms with E-state index in [-0.39, 0.29) is 48.5 Å². The van der Waals surface area contributed by atoms with Crippen molar-refractivity contribution in [3.63, 3.8) is 0 Å². The van der Waals surface area contributed by atoms with Gasteiger partial charge in [0.15, 0.2) is 9.74 Å². The van der Waals surface area contributed by atoms with Crippen molar-refractivity contribution in [1.82, 2.24) is 9.80 Å². The number of hydrogen-bond acceptors (Lipinski definition) is 8. The molecule has 2 bridgehead atoms. The highest BCUT2D eigenvalue weighted by molar-refractivity contribution is 8.02. The number of Topliss-reactive ketones (excluding diaryl/α,β-unsaturated/α-hetero) is 1. The first-order chi connectivity index (χ1) is 13.7. The van der Waals surface area contributed by atoms with Gasteiger partial charge in [-0.15, -0.1) is 23.5 Å². The number of rotatable bonds is 1. The van der Waals surface area contributed by atoms with E-state index >= 15 is 0 Å². The van der Waals surface area contributed by atoms with E-state index in [2.05, 4.69) is 0 Å². The van der Waals surface area contributed by atoms with Gasteiger partial charge >= 0.3 is 0 Å². The van der Waals surface area contributed by atoms with E-state index < -0.39 is 45.6 Å². The number of ketones is 1. The lowest BCUT2D eigenvalue weighted by molar-refractivity contribution is -0.171. The van der Waals surface area contributed by atoms with Gasteiger partial charge in [-0.1, -0.05) is 12.2 Å². The fraction of sp³-hybridized carbons (Fsp3) is 0.737. The third kappa shape index (κ3) is 1.82. The van der Waals surface area contributed by atoms with Gasteiger partial charge in [0.1, 0.15) is 11.4 Å². The molecule has 0 aromatic carbocycles. The van der Waals surface area contributed by atoms with Crippen molar-refractivity contribution >= 4 is 41.1 Å². The lowest BCUT2D eigenvalue weighted by Gasteiger charge is -2.57. The molecule has 5 fully saturated rings. The number of hydrogen-bond donors (Lipinski definition) is 3. The van der Waals surface area contributed by atoms with Gasteiger partial charge < -0.3 is 25.1 Å². The van der Waals surface area contributed by atoms with Gasteiger partial charge in [0.2, 0.25) is 0 Å². The van der Waals surface area contributed by atoms with Crippen LogP contribution in [-0.4, -0.2) is 93.9 Å². The second kappa shape index (κ2) is 5.40. The zero-order valence-corrected chi connectivity index (χ0v) is 17.4. The van der Waals surface area contributed by atoms with Gasteiger partial charge in [0, 0.05) is 25.2 Å². The van der Waals surface area contributed by atoms with Crippen LogP contribution in [0.2, 0.25) is 0 Å². The van der Waals surface area contributed by atoms with Crippen LogP contribution >= 0.6 is 23.5 Å². The lowest BCUT2D eigenvalue weighted by atomic mass is 9.81. The molecule has 29 heavy (non-hydrogen) atoms. The fourth-order valence-corrected chi connectivity index (χ4v) is 9.52. The minimum atomic E-state index is -1.37. The van der Waals surface area contributed by atoms with Gasteiger partial charge in [-0.3, -0.25) is 14.4 Å². The Hall–Kier alpha value is -1.07. The number of fused-ring (bicyclic) bond motifs is 4. The Morgan fingerprint density at radius 2 is 1.93 bits per heavy atom. The van der Waals surface area contributed by atoms with E-state index in [4.69, 9.17) is 0 Å². The molecule has 0 aromatic rings. The average molecular weight is 439 g/mol. The zero-order valence-electron chi connectivity index (χ0n) is 15.7. The van der Waals surface area contributed by atoms with Gasteiger partial charge in [-0.05, 0) is 12.7 Å². The van der Waals surface area contributed by atoms with Crippen molar-refractivity contribution in [2.75, 3.05) is 6.26 Å². The third-order valence-corrected chi connectivity index (χ3v) is 10.8. The number of carbonyl (C=O) groups excluding carboxylic acids is 3. The second-order valence-electron chi connectivity index (χ2n) is 9.02. The molecule has 2 aliphatic carbocycles. The summed E-state index contributed by atoms with van der Waals surface area (Å²) in [5, 5.41) is 32.4. The molecule has 6 aliphatic rings. The van der Waals surface area contributed by atoms with Crippen LogP contribution in [0, 0.1) is 5.92 Å². The number of aliphatic hydroxyl groups is 3. The van der Waals surface area contributed by atoms with Crippen LogP contribution in [-0.2, 0) is 14.4 Å². The summed E-state index contributed by atoms with van der Waals surface area (Å²) in [7, 11) is 0.